The fourth-order valence-electron chi connectivity index (χ4n) is 1.96. The lowest BCUT2D eigenvalue weighted by molar-refractivity contribution is -0.119. The topological polar surface area (TPSA) is 46.1 Å². The van der Waals surface area contributed by atoms with Gasteiger partial charge in [0.1, 0.15) is 0 Å². The summed E-state index contributed by atoms with van der Waals surface area (Å²) in [6.45, 7) is 8.25. The molecule has 0 fully saturated rings. The molecule has 0 aliphatic carbocycles. The quantitative estimate of drug-likeness (QED) is 0.757. The van der Waals surface area contributed by atoms with Gasteiger partial charge in [-0.1, -0.05) is 27.2 Å². The molecule has 1 unspecified atom stereocenters. The average Bonchev–Trinajstić information content (AvgIpc) is 2.41. The van der Waals surface area contributed by atoms with Gasteiger partial charge in [-0.25, -0.2) is 9.97 Å². The summed E-state index contributed by atoms with van der Waals surface area (Å²) < 4.78 is 0. The highest BCUT2D eigenvalue weighted by Gasteiger charge is 2.22. The van der Waals surface area contributed by atoms with E-state index >= 15 is 0 Å². The molecule has 1 rings (SSSR count). The molecule has 1 aromatic heterocycles. The summed E-state index contributed by atoms with van der Waals surface area (Å²) in [7, 11) is 0. The third-order valence-electron chi connectivity index (χ3n) is 3.21. The molecule has 1 heterocycles. The Bertz CT molecular complexity index is 389. The largest absolute Gasteiger partial charge is 0.278 e. The van der Waals surface area contributed by atoms with Crippen molar-refractivity contribution in [3.8, 4) is 0 Å². The molecule has 19 heavy (non-hydrogen) atoms. The summed E-state index contributed by atoms with van der Waals surface area (Å²) in [5, 5.41) is 0. The Morgan fingerprint density at radius 3 is 2.32 bits per heavy atom. The molecular formula is C15H25N3O. The zero-order valence-corrected chi connectivity index (χ0v) is 12.5. The van der Waals surface area contributed by atoms with E-state index in [1.165, 1.54) is 0 Å². The summed E-state index contributed by atoms with van der Waals surface area (Å²) in [6.07, 6.45) is 8.01. The van der Waals surface area contributed by atoms with Crippen LogP contribution in [0.5, 0.6) is 0 Å². The maximum atomic E-state index is 12.2. The predicted octanol–water partition coefficient (Wildman–Crippen LogP) is 3.36. The maximum absolute atomic E-state index is 12.2. The lowest BCUT2D eigenvalue weighted by Crippen LogP contribution is -2.39. The molecule has 0 saturated heterocycles. The van der Waals surface area contributed by atoms with Crippen molar-refractivity contribution in [1.29, 1.82) is 0 Å². The summed E-state index contributed by atoms with van der Waals surface area (Å²) in [6, 6.07) is 0.135. The summed E-state index contributed by atoms with van der Waals surface area (Å²) >= 11 is 0. The molecular weight excluding hydrogens is 238 g/mol. The Kier molecular flexibility index (Phi) is 6.46. The number of nitrogens with zero attached hydrogens (tertiary/aromatic N) is 3. The summed E-state index contributed by atoms with van der Waals surface area (Å²) in [5.41, 5.74) is 1.12. The van der Waals surface area contributed by atoms with E-state index < -0.39 is 0 Å². The first kappa shape index (κ1) is 15.6. The Hall–Kier alpha value is -1.45. The number of hydrogen-bond donors (Lipinski definition) is 0. The van der Waals surface area contributed by atoms with Crippen LogP contribution in [0.25, 0.3) is 0 Å². The Labute approximate surface area is 116 Å². The van der Waals surface area contributed by atoms with Gasteiger partial charge < -0.3 is 0 Å². The molecule has 1 aromatic rings. The van der Waals surface area contributed by atoms with Crippen molar-refractivity contribution in [2.24, 2.45) is 0 Å². The predicted molar refractivity (Wildman–Crippen MR) is 78.2 cm³/mol. The smallest absolute Gasteiger partial charge is 0.232 e. The first-order valence-corrected chi connectivity index (χ1v) is 7.26. The van der Waals surface area contributed by atoms with Crippen molar-refractivity contribution in [2.75, 3.05) is 4.90 Å². The SMILES string of the molecule is CCCC(=O)N(c1ncc(CCC)cn1)C(C)CC. The van der Waals surface area contributed by atoms with Crippen LogP contribution in [-0.2, 0) is 11.2 Å². The fraction of sp³-hybridized carbons (Fsp3) is 0.667. The molecule has 0 N–H and O–H groups in total. The fourth-order valence-corrected chi connectivity index (χ4v) is 1.96. The van der Waals surface area contributed by atoms with Crippen LogP contribution in [0.3, 0.4) is 0 Å². The number of amides is 1. The molecule has 0 radical (unpaired) electrons. The van der Waals surface area contributed by atoms with Gasteiger partial charge in [0.15, 0.2) is 0 Å². The average molecular weight is 263 g/mol. The van der Waals surface area contributed by atoms with Gasteiger partial charge in [0, 0.05) is 24.9 Å². The molecule has 4 heteroatoms. The number of hydrogen-bond acceptors (Lipinski definition) is 3. The van der Waals surface area contributed by atoms with Crippen molar-refractivity contribution in [1.82, 2.24) is 9.97 Å². The second kappa shape index (κ2) is 7.87. The number of rotatable bonds is 7. The number of aryl methyl sites for hydroxylation is 1. The van der Waals surface area contributed by atoms with Gasteiger partial charge in [0.2, 0.25) is 11.9 Å². The van der Waals surface area contributed by atoms with E-state index in [-0.39, 0.29) is 11.9 Å². The highest BCUT2D eigenvalue weighted by atomic mass is 16.2. The molecule has 1 amide bonds. The van der Waals surface area contributed by atoms with Gasteiger partial charge in [-0.05, 0) is 31.7 Å². The van der Waals surface area contributed by atoms with E-state index in [0.29, 0.717) is 12.4 Å². The highest BCUT2D eigenvalue weighted by molar-refractivity contribution is 5.92. The third kappa shape index (κ3) is 4.30. The maximum Gasteiger partial charge on any atom is 0.232 e. The Morgan fingerprint density at radius 1 is 1.21 bits per heavy atom. The minimum absolute atomic E-state index is 0.111. The van der Waals surface area contributed by atoms with Crippen LogP contribution in [0.4, 0.5) is 5.95 Å². The zero-order chi connectivity index (χ0) is 14.3. The molecule has 0 aliphatic rings. The van der Waals surface area contributed by atoms with Crippen LogP contribution in [0.1, 0.15) is 58.9 Å². The van der Waals surface area contributed by atoms with Crippen LogP contribution >= 0.6 is 0 Å². The van der Waals surface area contributed by atoms with Gasteiger partial charge >= 0.3 is 0 Å². The molecule has 106 valence electrons. The Balaban J connectivity index is 2.93. The summed E-state index contributed by atoms with van der Waals surface area (Å²) in [5.74, 6) is 0.646. The molecule has 4 nitrogen and oxygen atoms in total. The van der Waals surface area contributed by atoms with Crippen molar-refractivity contribution in [3.05, 3.63) is 18.0 Å². The summed E-state index contributed by atoms with van der Waals surface area (Å²) in [4.78, 5) is 22.7. The van der Waals surface area contributed by atoms with Crippen molar-refractivity contribution in [3.63, 3.8) is 0 Å². The molecule has 1 atom stereocenters. The van der Waals surface area contributed by atoms with Crippen molar-refractivity contribution >= 4 is 11.9 Å². The minimum atomic E-state index is 0.111. The lowest BCUT2D eigenvalue weighted by atomic mass is 10.2. The first-order valence-electron chi connectivity index (χ1n) is 7.26. The van der Waals surface area contributed by atoms with E-state index in [1.54, 1.807) is 4.90 Å². The molecule has 0 spiro atoms. The standard InChI is InChI=1S/C15H25N3O/c1-5-8-13-10-16-15(17-11-13)18(12(4)7-3)14(19)9-6-2/h10-12H,5-9H2,1-4H3. The van der Waals surface area contributed by atoms with Gasteiger partial charge in [-0.2, -0.15) is 0 Å². The van der Waals surface area contributed by atoms with Crippen LogP contribution in [0.15, 0.2) is 12.4 Å². The second-order valence-corrected chi connectivity index (χ2v) is 4.91. The van der Waals surface area contributed by atoms with Gasteiger partial charge in [0.05, 0.1) is 0 Å². The van der Waals surface area contributed by atoms with E-state index in [0.717, 1.165) is 31.2 Å². The molecule has 0 saturated carbocycles. The number of anilines is 1. The highest BCUT2D eigenvalue weighted by Crippen LogP contribution is 2.16. The van der Waals surface area contributed by atoms with E-state index in [2.05, 4.69) is 23.8 Å². The van der Waals surface area contributed by atoms with Crippen LogP contribution in [-0.4, -0.2) is 21.9 Å². The second-order valence-electron chi connectivity index (χ2n) is 4.91. The molecule has 0 bridgehead atoms. The monoisotopic (exact) mass is 263 g/mol. The van der Waals surface area contributed by atoms with E-state index in [1.807, 2.05) is 26.2 Å². The Morgan fingerprint density at radius 2 is 1.84 bits per heavy atom. The van der Waals surface area contributed by atoms with Gasteiger partial charge in [-0.3, -0.25) is 9.69 Å². The molecule has 0 aromatic carbocycles. The first-order chi connectivity index (χ1) is 9.13. The molecule has 0 aliphatic heterocycles. The van der Waals surface area contributed by atoms with E-state index in [4.69, 9.17) is 0 Å². The minimum Gasteiger partial charge on any atom is -0.278 e. The van der Waals surface area contributed by atoms with Gasteiger partial charge in [0.25, 0.3) is 0 Å². The lowest BCUT2D eigenvalue weighted by Gasteiger charge is -2.26. The zero-order valence-electron chi connectivity index (χ0n) is 12.5. The third-order valence-corrected chi connectivity index (χ3v) is 3.21. The van der Waals surface area contributed by atoms with E-state index in [9.17, 15) is 4.79 Å². The van der Waals surface area contributed by atoms with Crippen molar-refractivity contribution < 1.29 is 4.79 Å². The van der Waals surface area contributed by atoms with Crippen LogP contribution < -0.4 is 4.90 Å². The number of carbonyl (C=O) groups excluding carboxylic acids is 1. The normalized spacial score (nSPS) is 12.2. The van der Waals surface area contributed by atoms with Gasteiger partial charge in [-0.15, -0.1) is 0 Å². The van der Waals surface area contributed by atoms with Crippen LogP contribution in [0.2, 0.25) is 0 Å². The number of carbonyl (C=O) groups is 1. The number of aromatic nitrogens is 2. The van der Waals surface area contributed by atoms with Crippen molar-refractivity contribution in [2.45, 2.75) is 65.8 Å². The van der Waals surface area contributed by atoms with Crippen LogP contribution in [0, 0.1) is 0 Å².